The number of nitrogens with zero attached hydrogens (tertiary/aromatic N) is 2. The number of benzene rings is 4. The predicted octanol–water partition coefficient (Wildman–Crippen LogP) is 7.69. The first-order valence-electron chi connectivity index (χ1n) is 12.9. The minimum absolute atomic E-state index is 0.0457. The SMILES string of the molecule is CCCCn1c(SCCNC(=O)c2ccc3ccccc3c2)nc(-c2ccccc2)c1-c1ccccc1. The van der Waals surface area contributed by atoms with Gasteiger partial charge in [-0.05, 0) is 29.3 Å². The number of nitrogens with one attached hydrogen (secondary N) is 1. The Morgan fingerprint density at radius 2 is 1.51 bits per heavy atom. The molecule has 1 heterocycles. The van der Waals surface area contributed by atoms with E-state index < -0.39 is 0 Å². The maximum Gasteiger partial charge on any atom is 0.251 e. The maximum absolute atomic E-state index is 12.8. The molecule has 0 unspecified atom stereocenters. The smallest absolute Gasteiger partial charge is 0.251 e. The third-order valence-electron chi connectivity index (χ3n) is 6.39. The Labute approximate surface area is 222 Å². The largest absolute Gasteiger partial charge is 0.351 e. The van der Waals surface area contributed by atoms with Gasteiger partial charge in [0.15, 0.2) is 5.16 Å². The van der Waals surface area contributed by atoms with Crippen LogP contribution in [0.15, 0.2) is 108 Å². The Bertz CT molecular complexity index is 1480. The van der Waals surface area contributed by atoms with E-state index in [1.54, 1.807) is 11.8 Å². The number of hydrogen-bond donors (Lipinski definition) is 1. The standard InChI is InChI=1S/C32H31N3OS/c1-2-3-21-35-30(26-15-8-5-9-16-26)29(25-13-6-4-7-14-25)34-32(35)37-22-20-33-31(36)28-19-18-24-12-10-11-17-27(24)23-28/h4-19,23H,2-3,20-22H2,1H3,(H,33,36). The van der Waals surface area contributed by atoms with Crippen molar-refractivity contribution in [3.63, 3.8) is 0 Å². The van der Waals surface area contributed by atoms with E-state index in [1.807, 2.05) is 48.5 Å². The molecule has 5 heteroatoms. The summed E-state index contributed by atoms with van der Waals surface area (Å²) in [4.78, 5) is 17.9. The van der Waals surface area contributed by atoms with Gasteiger partial charge in [-0.2, -0.15) is 0 Å². The van der Waals surface area contributed by atoms with Crippen LogP contribution in [-0.4, -0.2) is 27.8 Å². The van der Waals surface area contributed by atoms with Gasteiger partial charge >= 0.3 is 0 Å². The zero-order valence-corrected chi connectivity index (χ0v) is 21.9. The average molecular weight is 506 g/mol. The second kappa shape index (κ2) is 11.9. The van der Waals surface area contributed by atoms with Crippen LogP contribution in [0, 0.1) is 0 Å². The molecular weight excluding hydrogens is 474 g/mol. The van der Waals surface area contributed by atoms with Gasteiger partial charge in [-0.3, -0.25) is 4.79 Å². The van der Waals surface area contributed by atoms with Crippen molar-refractivity contribution < 1.29 is 4.79 Å². The monoisotopic (exact) mass is 505 g/mol. The molecule has 1 amide bonds. The van der Waals surface area contributed by atoms with Crippen molar-refractivity contribution in [1.29, 1.82) is 0 Å². The summed E-state index contributed by atoms with van der Waals surface area (Å²) in [6.45, 7) is 3.69. The van der Waals surface area contributed by atoms with Crippen molar-refractivity contribution in [2.45, 2.75) is 31.5 Å². The van der Waals surface area contributed by atoms with Crippen LogP contribution >= 0.6 is 11.8 Å². The Morgan fingerprint density at radius 1 is 0.838 bits per heavy atom. The number of rotatable bonds is 10. The second-order valence-electron chi connectivity index (χ2n) is 9.00. The summed E-state index contributed by atoms with van der Waals surface area (Å²) in [5.41, 5.74) is 5.13. The van der Waals surface area contributed by atoms with E-state index in [0.29, 0.717) is 12.1 Å². The Balaban J connectivity index is 1.35. The molecule has 0 atom stereocenters. The zero-order valence-electron chi connectivity index (χ0n) is 21.1. The molecule has 186 valence electrons. The molecule has 0 aliphatic heterocycles. The molecule has 5 rings (SSSR count). The lowest BCUT2D eigenvalue weighted by Gasteiger charge is -2.13. The summed E-state index contributed by atoms with van der Waals surface area (Å²) in [6.07, 6.45) is 2.19. The number of hydrogen-bond acceptors (Lipinski definition) is 3. The minimum atomic E-state index is -0.0457. The highest BCUT2D eigenvalue weighted by Gasteiger charge is 2.20. The lowest BCUT2D eigenvalue weighted by atomic mass is 10.0. The maximum atomic E-state index is 12.8. The van der Waals surface area contributed by atoms with Crippen molar-refractivity contribution in [1.82, 2.24) is 14.9 Å². The van der Waals surface area contributed by atoms with Gasteiger partial charge in [0, 0.05) is 35.5 Å². The first kappa shape index (κ1) is 24.8. The molecule has 0 saturated heterocycles. The molecular formula is C32H31N3OS. The van der Waals surface area contributed by atoms with Crippen LogP contribution < -0.4 is 5.32 Å². The van der Waals surface area contributed by atoms with E-state index in [0.717, 1.165) is 58.0 Å². The van der Waals surface area contributed by atoms with Crippen molar-refractivity contribution in [2.24, 2.45) is 0 Å². The van der Waals surface area contributed by atoms with Crippen LogP contribution in [-0.2, 0) is 6.54 Å². The van der Waals surface area contributed by atoms with E-state index in [1.165, 1.54) is 5.56 Å². The zero-order chi connectivity index (χ0) is 25.5. The fraction of sp³-hybridized carbons (Fsp3) is 0.188. The second-order valence-corrected chi connectivity index (χ2v) is 10.1. The fourth-order valence-electron chi connectivity index (χ4n) is 4.49. The third kappa shape index (κ3) is 5.78. The van der Waals surface area contributed by atoms with Gasteiger partial charge in [-0.25, -0.2) is 4.98 Å². The summed E-state index contributed by atoms with van der Waals surface area (Å²) >= 11 is 1.70. The third-order valence-corrected chi connectivity index (χ3v) is 7.37. The van der Waals surface area contributed by atoms with Gasteiger partial charge in [0.1, 0.15) is 0 Å². The van der Waals surface area contributed by atoms with Crippen molar-refractivity contribution in [2.75, 3.05) is 12.3 Å². The molecule has 0 saturated carbocycles. The van der Waals surface area contributed by atoms with Crippen molar-refractivity contribution >= 4 is 28.4 Å². The van der Waals surface area contributed by atoms with Crippen LogP contribution in [0.3, 0.4) is 0 Å². The number of carbonyl (C=O) groups excluding carboxylic acids is 1. The quantitative estimate of drug-likeness (QED) is 0.156. The van der Waals surface area contributed by atoms with Gasteiger partial charge in [0.25, 0.3) is 5.91 Å². The topological polar surface area (TPSA) is 46.9 Å². The molecule has 0 radical (unpaired) electrons. The lowest BCUT2D eigenvalue weighted by molar-refractivity contribution is 0.0956. The number of carbonyl (C=O) groups is 1. The Kier molecular flexibility index (Phi) is 8.02. The number of amides is 1. The molecule has 4 nitrogen and oxygen atoms in total. The number of thioether (sulfide) groups is 1. The van der Waals surface area contributed by atoms with E-state index in [-0.39, 0.29) is 5.91 Å². The highest BCUT2D eigenvalue weighted by Crippen LogP contribution is 2.36. The highest BCUT2D eigenvalue weighted by molar-refractivity contribution is 7.99. The molecule has 5 aromatic rings. The van der Waals surface area contributed by atoms with Gasteiger partial charge in [-0.1, -0.05) is 116 Å². The van der Waals surface area contributed by atoms with E-state index >= 15 is 0 Å². The molecule has 0 bridgehead atoms. The normalized spacial score (nSPS) is 11.1. The molecule has 4 aromatic carbocycles. The summed E-state index contributed by atoms with van der Waals surface area (Å²) in [5, 5.41) is 6.29. The fourth-order valence-corrected chi connectivity index (χ4v) is 5.37. The molecule has 1 N–H and O–H groups in total. The van der Waals surface area contributed by atoms with Gasteiger partial charge in [0.2, 0.25) is 0 Å². The summed E-state index contributed by atoms with van der Waals surface area (Å²) in [7, 11) is 0. The molecule has 0 fully saturated rings. The Hall–Kier alpha value is -3.83. The first-order valence-corrected chi connectivity index (χ1v) is 13.8. The highest BCUT2D eigenvalue weighted by atomic mass is 32.2. The number of aromatic nitrogens is 2. The first-order chi connectivity index (χ1) is 18.2. The van der Waals surface area contributed by atoms with Gasteiger partial charge < -0.3 is 9.88 Å². The summed E-state index contributed by atoms with van der Waals surface area (Å²) < 4.78 is 2.36. The molecule has 0 aliphatic rings. The number of unbranched alkanes of at least 4 members (excludes halogenated alkanes) is 1. The number of fused-ring (bicyclic) bond motifs is 1. The number of imidazole rings is 1. The molecule has 0 spiro atoms. The van der Waals surface area contributed by atoms with E-state index in [4.69, 9.17) is 4.98 Å². The van der Waals surface area contributed by atoms with Gasteiger partial charge in [0.05, 0.1) is 11.4 Å². The average Bonchev–Trinajstić information content (AvgIpc) is 3.32. The Morgan fingerprint density at radius 3 is 2.24 bits per heavy atom. The molecule has 37 heavy (non-hydrogen) atoms. The van der Waals surface area contributed by atoms with Crippen LogP contribution in [0.5, 0.6) is 0 Å². The summed E-state index contributed by atoms with van der Waals surface area (Å²) in [5.74, 6) is 0.695. The lowest BCUT2D eigenvalue weighted by Crippen LogP contribution is -2.25. The van der Waals surface area contributed by atoms with Gasteiger partial charge in [-0.15, -0.1) is 0 Å². The van der Waals surface area contributed by atoms with Crippen LogP contribution in [0.25, 0.3) is 33.3 Å². The molecule has 1 aromatic heterocycles. The van der Waals surface area contributed by atoms with Crippen LogP contribution in [0.1, 0.15) is 30.1 Å². The molecule has 0 aliphatic carbocycles. The van der Waals surface area contributed by atoms with E-state index in [2.05, 4.69) is 71.4 Å². The summed E-state index contributed by atoms with van der Waals surface area (Å²) in [6, 6.07) is 34.9. The van der Waals surface area contributed by atoms with Crippen LogP contribution in [0.4, 0.5) is 0 Å². The predicted molar refractivity (Wildman–Crippen MR) is 155 cm³/mol. The van der Waals surface area contributed by atoms with Crippen molar-refractivity contribution in [3.8, 4) is 22.5 Å². The van der Waals surface area contributed by atoms with Crippen molar-refractivity contribution in [3.05, 3.63) is 109 Å². The van der Waals surface area contributed by atoms with Crippen LogP contribution in [0.2, 0.25) is 0 Å². The minimum Gasteiger partial charge on any atom is -0.351 e. The van der Waals surface area contributed by atoms with E-state index in [9.17, 15) is 4.79 Å².